The van der Waals surface area contributed by atoms with E-state index in [1.165, 1.54) is 0 Å². The number of amides is 1. The SMILES string of the molecule is O=C(CCN1CCC(OC(=O)C(O)(c2ccccc2)c2ccccc2)CC1)NCc1ccccc1.O=C(O)/C=C/C(=O)O. The molecular formula is C33H36N2O8. The van der Waals surface area contributed by atoms with E-state index in [0.29, 0.717) is 55.6 Å². The molecule has 0 radical (unpaired) electrons. The number of likely N-dealkylation sites (tertiary alicyclic amines) is 1. The van der Waals surface area contributed by atoms with Crippen molar-refractivity contribution in [2.45, 2.75) is 37.5 Å². The highest BCUT2D eigenvalue weighted by molar-refractivity contribution is 5.89. The number of hydrogen-bond acceptors (Lipinski definition) is 7. The molecule has 0 bridgehead atoms. The topological polar surface area (TPSA) is 153 Å². The van der Waals surface area contributed by atoms with E-state index in [-0.39, 0.29) is 12.0 Å². The Balaban J connectivity index is 0.000000557. The van der Waals surface area contributed by atoms with Crippen molar-refractivity contribution in [3.8, 4) is 0 Å². The normalized spacial score (nSPS) is 13.9. The van der Waals surface area contributed by atoms with Gasteiger partial charge < -0.3 is 30.3 Å². The Labute approximate surface area is 250 Å². The van der Waals surface area contributed by atoms with Crippen LogP contribution in [0.2, 0.25) is 0 Å². The fourth-order valence-corrected chi connectivity index (χ4v) is 4.54. The van der Waals surface area contributed by atoms with Gasteiger partial charge in [-0.2, -0.15) is 0 Å². The standard InChI is InChI=1S/C29H32N2O4.C4H4O4/c32-27(30-22-23-10-4-1-5-11-23)18-21-31-19-16-26(17-20-31)35-28(33)29(34,24-12-6-2-7-13-24)25-14-8-3-9-15-25;5-3(6)1-2-4(7)8/h1-15,26,34H,16-22H2,(H,30,32);1-2H,(H,5,6)(H,7,8)/b;2-1+. The number of carboxylic acids is 2. The second-order valence-electron chi connectivity index (χ2n) is 9.91. The van der Waals surface area contributed by atoms with Crippen LogP contribution < -0.4 is 5.32 Å². The predicted molar refractivity (Wildman–Crippen MR) is 159 cm³/mol. The van der Waals surface area contributed by atoms with E-state index in [1.54, 1.807) is 48.5 Å². The van der Waals surface area contributed by atoms with Gasteiger partial charge in [0.05, 0.1) is 0 Å². The molecule has 226 valence electrons. The van der Waals surface area contributed by atoms with Crippen LogP contribution in [0.25, 0.3) is 0 Å². The Bertz CT molecular complexity index is 1300. The van der Waals surface area contributed by atoms with Gasteiger partial charge in [-0.3, -0.25) is 4.79 Å². The number of rotatable bonds is 11. The molecule has 43 heavy (non-hydrogen) atoms. The molecule has 3 aromatic rings. The van der Waals surface area contributed by atoms with Gasteiger partial charge >= 0.3 is 17.9 Å². The summed E-state index contributed by atoms with van der Waals surface area (Å²) in [6.45, 7) is 2.67. The Morgan fingerprint density at radius 3 is 1.72 bits per heavy atom. The number of carboxylic acid groups (broad SMARTS) is 2. The first-order chi connectivity index (χ1) is 20.7. The number of aliphatic carboxylic acids is 2. The zero-order chi connectivity index (χ0) is 31.1. The lowest BCUT2D eigenvalue weighted by Gasteiger charge is -2.34. The van der Waals surface area contributed by atoms with E-state index in [0.717, 1.165) is 18.7 Å². The van der Waals surface area contributed by atoms with E-state index >= 15 is 0 Å². The summed E-state index contributed by atoms with van der Waals surface area (Å²) in [4.78, 5) is 46.8. The Morgan fingerprint density at radius 1 is 0.791 bits per heavy atom. The number of esters is 1. The summed E-state index contributed by atoms with van der Waals surface area (Å²) in [6.07, 6.45) is 2.60. The summed E-state index contributed by atoms with van der Waals surface area (Å²) in [5, 5.41) is 30.1. The zero-order valence-electron chi connectivity index (χ0n) is 23.7. The van der Waals surface area contributed by atoms with Crippen molar-refractivity contribution >= 4 is 23.8 Å². The molecule has 0 unspecified atom stereocenters. The van der Waals surface area contributed by atoms with Gasteiger partial charge in [0.15, 0.2) is 0 Å². The molecule has 1 fully saturated rings. The average Bonchev–Trinajstić information content (AvgIpc) is 3.03. The number of hydrogen-bond donors (Lipinski definition) is 4. The van der Waals surface area contributed by atoms with Crippen molar-refractivity contribution in [2.24, 2.45) is 0 Å². The van der Waals surface area contributed by atoms with Crippen LogP contribution in [-0.4, -0.2) is 69.8 Å². The van der Waals surface area contributed by atoms with Gasteiger partial charge in [-0.25, -0.2) is 14.4 Å². The first-order valence-electron chi connectivity index (χ1n) is 13.9. The van der Waals surface area contributed by atoms with Crippen LogP contribution in [-0.2, 0) is 36.1 Å². The lowest BCUT2D eigenvalue weighted by atomic mass is 9.86. The Morgan fingerprint density at radius 2 is 1.26 bits per heavy atom. The molecule has 1 heterocycles. The number of carbonyl (C=O) groups is 4. The maximum Gasteiger partial charge on any atom is 0.347 e. The molecule has 1 saturated heterocycles. The van der Waals surface area contributed by atoms with Gasteiger partial charge in [-0.15, -0.1) is 0 Å². The third-order valence-electron chi connectivity index (χ3n) is 6.84. The van der Waals surface area contributed by atoms with Crippen molar-refractivity contribution in [1.82, 2.24) is 10.2 Å². The molecule has 0 atom stereocenters. The lowest BCUT2D eigenvalue weighted by Crippen LogP contribution is -2.44. The highest BCUT2D eigenvalue weighted by Gasteiger charge is 2.43. The number of piperidine rings is 1. The number of carbonyl (C=O) groups excluding carboxylic acids is 2. The van der Waals surface area contributed by atoms with Gasteiger partial charge in [-0.1, -0.05) is 91.0 Å². The van der Waals surface area contributed by atoms with Crippen molar-refractivity contribution in [3.63, 3.8) is 0 Å². The van der Waals surface area contributed by atoms with E-state index in [2.05, 4.69) is 10.2 Å². The van der Waals surface area contributed by atoms with Crippen LogP contribution in [0.4, 0.5) is 0 Å². The van der Waals surface area contributed by atoms with Crippen LogP contribution in [0.3, 0.4) is 0 Å². The van der Waals surface area contributed by atoms with Crippen molar-refractivity contribution in [2.75, 3.05) is 19.6 Å². The molecule has 1 aliphatic rings. The summed E-state index contributed by atoms with van der Waals surface area (Å²) < 4.78 is 5.83. The summed E-state index contributed by atoms with van der Waals surface area (Å²) in [7, 11) is 0. The molecule has 4 rings (SSSR count). The molecule has 4 N–H and O–H groups in total. The largest absolute Gasteiger partial charge is 0.478 e. The minimum atomic E-state index is -1.86. The van der Waals surface area contributed by atoms with Crippen LogP contribution in [0.15, 0.2) is 103 Å². The average molecular weight is 589 g/mol. The minimum absolute atomic E-state index is 0.0261. The van der Waals surface area contributed by atoms with E-state index in [9.17, 15) is 24.3 Å². The lowest BCUT2D eigenvalue weighted by molar-refractivity contribution is -0.170. The maximum atomic E-state index is 13.3. The third-order valence-corrected chi connectivity index (χ3v) is 6.84. The molecule has 1 amide bonds. The number of ether oxygens (including phenoxy) is 1. The van der Waals surface area contributed by atoms with Gasteiger partial charge in [0.2, 0.25) is 11.5 Å². The van der Waals surface area contributed by atoms with E-state index < -0.39 is 23.5 Å². The first kappa shape index (κ1) is 32.7. The minimum Gasteiger partial charge on any atom is -0.478 e. The number of nitrogens with zero attached hydrogens (tertiary/aromatic N) is 1. The smallest absolute Gasteiger partial charge is 0.347 e. The molecule has 10 heteroatoms. The van der Waals surface area contributed by atoms with Crippen molar-refractivity contribution in [1.29, 1.82) is 0 Å². The van der Waals surface area contributed by atoms with Gasteiger partial charge in [-0.05, 0) is 29.5 Å². The molecule has 0 saturated carbocycles. The Kier molecular flexibility index (Phi) is 12.6. The third kappa shape index (κ3) is 10.5. The number of benzene rings is 3. The zero-order valence-corrected chi connectivity index (χ0v) is 23.7. The van der Waals surface area contributed by atoms with Crippen molar-refractivity contribution in [3.05, 3.63) is 120 Å². The molecular weight excluding hydrogens is 552 g/mol. The molecule has 1 aliphatic heterocycles. The van der Waals surface area contributed by atoms with Gasteiger partial charge in [0.25, 0.3) is 0 Å². The van der Waals surface area contributed by atoms with E-state index in [1.807, 2.05) is 42.5 Å². The fourth-order valence-electron chi connectivity index (χ4n) is 4.54. The van der Waals surface area contributed by atoms with Crippen LogP contribution in [0.5, 0.6) is 0 Å². The molecule has 3 aromatic carbocycles. The van der Waals surface area contributed by atoms with Crippen LogP contribution in [0.1, 0.15) is 36.0 Å². The monoisotopic (exact) mass is 588 g/mol. The van der Waals surface area contributed by atoms with Gasteiger partial charge in [0.1, 0.15) is 6.10 Å². The second kappa shape index (κ2) is 16.6. The van der Waals surface area contributed by atoms with Gasteiger partial charge in [0, 0.05) is 44.8 Å². The van der Waals surface area contributed by atoms with Crippen LogP contribution >= 0.6 is 0 Å². The second-order valence-corrected chi connectivity index (χ2v) is 9.91. The molecule has 0 spiro atoms. The predicted octanol–water partition coefficient (Wildman–Crippen LogP) is 3.35. The highest BCUT2D eigenvalue weighted by Crippen LogP contribution is 2.32. The summed E-state index contributed by atoms with van der Waals surface area (Å²) in [5.74, 6) is -3.15. The molecule has 0 aromatic heterocycles. The first-order valence-corrected chi connectivity index (χ1v) is 13.9. The maximum absolute atomic E-state index is 13.3. The quantitative estimate of drug-likeness (QED) is 0.195. The molecule has 10 nitrogen and oxygen atoms in total. The highest BCUT2D eigenvalue weighted by atomic mass is 16.6. The molecule has 0 aliphatic carbocycles. The summed E-state index contributed by atoms with van der Waals surface area (Å²) in [5.41, 5.74) is 0.177. The summed E-state index contributed by atoms with van der Waals surface area (Å²) in [6, 6.07) is 27.7. The summed E-state index contributed by atoms with van der Waals surface area (Å²) >= 11 is 0. The Hall–Kier alpha value is -4.80. The van der Waals surface area contributed by atoms with Crippen LogP contribution in [0, 0.1) is 0 Å². The fraction of sp³-hybridized carbons (Fsp3) is 0.273. The number of aliphatic hydroxyl groups is 1. The van der Waals surface area contributed by atoms with E-state index in [4.69, 9.17) is 14.9 Å². The van der Waals surface area contributed by atoms with Crippen molar-refractivity contribution < 1.29 is 39.2 Å². The number of nitrogens with one attached hydrogen (secondary N) is 1.